The number of aliphatic carboxylic acids is 1. The van der Waals surface area contributed by atoms with Crippen LogP contribution in [-0.2, 0) is 11.3 Å². The van der Waals surface area contributed by atoms with E-state index < -0.39 is 5.97 Å². The second-order valence-electron chi connectivity index (χ2n) is 4.94. The standard InChI is InChI=1S/C15H21NO3/c1-2-19-14-7-5-12(6-8-14)11-16-9-3-4-13(16)10-15(17)18/h5-8,13H,2-4,9-11H2,1H3,(H,17,18). The van der Waals surface area contributed by atoms with Crippen LogP contribution in [-0.4, -0.2) is 35.2 Å². The van der Waals surface area contributed by atoms with Crippen molar-refractivity contribution in [3.05, 3.63) is 29.8 Å². The maximum absolute atomic E-state index is 10.8. The van der Waals surface area contributed by atoms with Gasteiger partial charge < -0.3 is 9.84 Å². The zero-order chi connectivity index (χ0) is 13.7. The second kappa shape index (κ2) is 6.57. The molecule has 0 radical (unpaired) electrons. The van der Waals surface area contributed by atoms with Crippen LogP contribution in [0, 0.1) is 0 Å². The summed E-state index contributed by atoms with van der Waals surface area (Å²) in [6, 6.07) is 8.24. The van der Waals surface area contributed by atoms with Crippen LogP contribution in [0.15, 0.2) is 24.3 Å². The van der Waals surface area contributed by atoms with E-state index in [2.05, 4.69) is 17.0 Å². The Kier molecular flexibility index (Phi) is 4.80. The Bertz CT molecular complexity index is 416. The van der Waals surface area contributed by atoms with Crippen molar-refractivity contribution in [2.45, 2.75) is 38.8 Å². The van der Waals surface area contributed by atoms with Crippen LogP contribution in [0.4, 0.5) is 0 Å². The van der Waals surface area contributed by atoms with E-state index in [9.17, 15) is 4.79 Å². The van der Waals surface area contributed by atoms with E-state index >= 15 is 0 Å². The van der Waals surface area contributed by atoms with E-state index in [0.717, 1.165) is 31.7 Å². The third-order valence-corrected chi connectivity index (χ3v) is 3.53. The van der Waals surface area contributed by atoms with E-state index in [1.165, 1.54) is 5.56 Å². The number of nitrogens with zero attached hydrogens (tertiary/aromatic N) is 1. The first-order valence-electron chi connectivity index (χ1n) is 6.86. The molecule has 2 rings (SSSR count). The Morgan fingerprint density at radius 3 is 2.79 bits per heavy atom. The lowest BCUT2D eigenvalue weighted by molar-refractivity contribution is -0.138. The second-order valence-corrected chi connectivity index (χ2v) is 4.94. The molecule has 4 nitrogen and oxygen atoms in total. The highest BCUT2D eigenvalue weighted by Crippen LogP contribution is 2.23. The third kappa shape index (κ3) is 3.96. The summed E-state index contributed by atoms with van der Waals surface area (Å²) in [4.78, 5) is 13.1. The van der Waals surface area contributed by atoms with E-state index in [4.69, 9.17) is 9.84 Å². The van der Waals surface area contributed by atoms with Crippen LogP contribution < -0.4 is 4.74 Å². The van der Waals surface area contributed by atoms with Crippen molar-refractivity contribution >= 4 is 5.97 Å². The van der Waals surface area contributed by atoms with Gasteiger partial charge in [-0.1, -0.05) is 12.1 Å². The molecular formula is C15H21NO3. The smallest absolute Gasteiger partial charge is 0.304 e. The fraction of sp³-hybridized carbons (Fsp3) is 0.533. The molecule has 19 heavy (non-hydrogen) atoms. The zero-order valence-corrected chi connectivity index (χ0v) is 11.3. The first kappa shape index (κ1) is 13.9. The van der Waals surface area contributed by atoms with Crippen LogP contribution in [0.3, 0.4) is 0 Å². The lowest BCUT2D eigenvalue weighted by Crippen LogP contribution is -2.30. The Hall–Kier alpha value is -1.55. The molecule has 1 atom stereocenters. The molecule has 1 saturated heterocycles. The summed E-state index contributed by atoms with van der Waals surface area (Å²) in [5.74, 6) is 0.179. The lowest BCUT2D eigenvalue weighted by atomic mass is 10.1. The van der Waals surface area contributed by atoms with Crippen LogP contribution in [0.1, 0.15) is 31.7 Å². The van der Waals surface area contributed by atoms with Gasteiger partial charge in [0.2, 0.25) is 0 Å². The van der Waals surface area contributed by atoms with Gasteiger partial charge in [0.05, 0.1) is 13.0 Å². The SMILES string of the molecule is CCOc1ccc(CN2CCCC2CC(=O)O)cc1. The maximum atomic E-state index is 10.8. The molecule has 1 aromatic rings. The predicted molar refractivity (Wildman–Crippen MR) is 73.3 cm³/mol. The maximum Gasteiger partial charge on any atom is 0.304 e. The molecule has 1 unspecified atom stereocenters. The Morgan fingerprint density at radius 2 is 2.16 bits per heavy atom. The van der Waals surface area contributed by atoms with Gasteiger partial charge in [0.1, 0.15) is 5.75 Å². The summed E-state index contributed by atoms with van der Waals surface area (Å²) in [6.07, 6.45) is 2.33. The van der Waals surface area contributed by atoms with Gasteiger partial charge in [-0.2, -0.15) is 0 Å². The van der Waals surface area contributed by atoms with E-state index in [-0.39, 0.29) is 12.5 Å². The number of hydrogen-bond donors (Lipinski definition) is 1. The van der Waals surface area contributed by atoms with Crippen molar-refractivity contribution in [2.24, 2.45) is 0 Å². The molecule has 1 N–H and O–H groups in total. The molecule has 1 heterocycles. The molecule has 0 bridgehead atoms. The summed E-state index contributed by atoms with van der Waals surface area (Å²) in [5, 5.41) is 8.91. The Balaban J connectivity index is 1.94. The molecule has 1 fully saturated rings. The van der Waals surface area contributed by atoms with Crippen molar-refractivity contribution < 1.29 is 14.6 Å². The normalized spacial score (nSPS) is 19.5. The van der Waals surface area contributed by atoms with Crippen LogP contribution in [0.5, 0.6) is 5.75 Å². The molecule has 0 amide bonds. The highest BCUT2D eigenvalue weighted by molar-refractivity contribution is 5.67. The van der Waals surface area contributed by atoms with Gasteiger partial charge in [-0.3, -0.25) is 9.69 Å². The molecule has 0 aliphatic carbocycles. The van der Waals surface area contributed by atoms with Gasteiger partial charge in [0, 0.05) is 12.6 Å². The monoisotopic (exact) mass is 263 g/mol. The number of carboxylic acids is 1. The van der Waals surface area contributed by atoms with Gasteiger partial charge in [-0.25, -0.2) is 0 Å². The number of ether oxygens (including phenoxy) is 1. The van der Waals surface area contributed by atoms with Gasteiger partial charge in [-0.15, -0.1) is 0 Å². The summed E-state index contributed by atoms with van der Waals surface area (Å²) in [5.41, 5.74) is 1.21. The largest absolute Gasteiger partial charge is 0.494 e. The Labute approximate surface area is 114 Å². The lowest BCUT2D eigenvalue weighted by Gasteiger charge is -2.23. The van der Waals surface area contributed by atoms with Crippen molar-refractivity contribution in [2.75, 3.05) is 13.2 Å². The highest BCUT2D eigenvalue weighted by atomic mass is 16.5. The number of carboxylic acid groups (broad SMARTS) is 1. The first-order chi connectivity index (χ1) is 9.19. The van der Waals surface area contributed by atoms with E-state index in [0.29, 0.717) is 6.61 Å². The first-order valence-corrected chi connectivity index (χ1v) is 6.86. The van der Waals surface area contributed by atoms with Crippen molar-refractivity contribution in [1.29, 1.82) is 0 Å². The molecule has 1 aliphatic rings. The fourth-order valence-corrected chi connectivity index (χ4v) is 2.63. The predicted octanol–water partition coefficient (Wildman–Crippen LogP) is 2.52. The number of benzene rings is 1. The summed E-state index contributed by atoms with van der Waals surface area (Å²) >= 11 is 0. The number of hydrogen-bond acceptors (Lipinski definition) is 3. The van der Waals surface area contributed by atoms with E-state index in [1.54, 1.807) is 0 Å². The van der Waals surface area contributed by atoms with Crippen LogP contribution in [0.25, 0.3) is 0 Å². The molecule has 0 aromatic heterocycles. The number of likely N-dealkylation sites (tertiary alicyclic amines) is 1. The molecular weight excluding hydrogens is 242 g/mol. The zero-order valence-electron chi connectivity index (χ0n) is 11.3. The van der Waals surface area contributed by atoms with Gasteiger partial charge in [-0.05, 0) is 44.0 Å². The summed E-state index contributed by atoms with van der Waals surface area (Å²) < 4.78 is 5.41. The highest BCUT2D eigenvalue weighted by Gasteiger charge is 2.26. The third-order valence-electron chi connectivity index (χ3n) is 3.53. The summed E-state index contributed by atoms with van der Waals surface area (Å²) in [6.45, 7) is 4.45. The minimum Gasteiger partial charge on any atom is -0.494 e. The van der Waals surface area contributed by atoms with E-state index in [1.807, 2.05) is 19.1 Å². The molecule has 1 aromatic carbocycles. The number of rotatable bonds is 6. The van der Waals surface area contributed by atoms with Crippen molar-refractivity contribution in [1.82, 2.24) is 4.90 Å². The minimum absolute atomic E-state index is 0.184. The van der Waals surface area contributed by atoms with Crippen molar-refractivity contribution in [3.8, 4) is 5.75 Å². The summed E-state index contributed by atoms with van der Waals surface area (Å²) in [7, 11) is 0. The fourth-order valence-electron chi connectivity index (χ4n) is 2.63. The van der Waals surface area contributed by atoms with Crippen molar-refractivity contribution in [3.63, 3.8) is 0 Å². The van der Waals surface area contributed by atoms with Crippen LogP contribution >= 0.6 is 0 Å². The molecule has 104 valence electrons. The Morgan fingerprint density at radius 1 is 1.42 bits per heavy atom. The molecule has 1 aliphatic heterocycles. The van der Waals surface area contributed by atoms with Gasteiger partial charge >= 0.3 is 5.97 Å². The number of carbonyl (C=O) groups is 1. The topological polar surface area (TPSA) is 49.8 Å². The average molecular weight is 263 g/mol. The minimum atomic E-state index is -0.705. The quantitative estimate of drug-likeness (QED) is 0.857. The van der Waals surface area contributed by atoms with Gasteiger partial charge in [0.15, 0.2) is 0 Å². The molecule has 0 spiro atoms. The molecule has 0 saturated carbocycles. The van der Waals surface area contributed by atoms with Gasteiger partial charge in [0.25, 0.3) is 0 Å². The molecule has 4 heteroatoms. The van der Waals surface area contributed by atoms with Crippen LogP contribution in [0.2, 0.25) is 0 Å². The average Bonchev–Trinajstić information content (AvgIpc) is 2.79.